The number of halogens is 2. The number of hydrogen-bond donors (Lipinski definition) is 1. The fourth-order valence-electron chi connectivity index (χ4n) is 2.89. The Hall–Kier alpha value is -0.600. The largest absolute Gasteiger partial charge is 0.388 e. The van der Waals surface area contributed by atoms with Gasteiger partial charge in [0.2, 0.25) is 0 Å². The summed E-state index contributed by atoms with van der Waals surface area (Å²) in [6.45, 7) is 4.48. The van der Waals surface area contributed by atoms with Gasteiger partial charge in [-0.1, -0.05) is 31.9 Å². The third kappa shape index (κ3) is 3.04. The Kier molecular flexibility index (Phi) is 4.29. The number of aliphatic hydroxyl groups excluding tert-OH is 1. The van der Waals surface area contributed by atoms with E-state index < -0.39 is 6.10 Å². The molecule has 1 N–H and O–H groups in total. The van der Waals surface area contributed by atoms with E-state index >= 15 is 0 Å². The second kappa shape index (κ2) is 5.58. The highest BCUT2D eigenvalue weighted by atomic mass is 35.5. The van der Waals surface area contributed by atoms with E-state index in [9.17, 15) is 9.50 Å². The Morgan fingerprint density at radius 3 is 2.56 bits per heavy atom. The minimum Gasteiger partial charge on any atom is -0.388 e. The van der Waals surface area contributed by atoms with Gasteiger partial charge in [-0.2, -0.15) is 0 Å². The summed E-state index contributed by atoms with van der Waals surface area (Å²) in [4.78, 5) is 0. The van der Waals surface area contributed by atoms with E-state index in [2.05, 4.69) is 13.8 Å². The van der Waals surface area contributed by atoms with Gasteiger partial charge < -0.3 is 5.11 Å². The molecule has 100 valence electrons. The van der Waals surface area contributed by atoms with Crippen LogP contribution in [0.15, 0.2) is 18.2 Å². The molecule has 0 saturated heterocycles. The van der Waals surface area contributed by atoms with Crippen molar-refractivity contribution in [2.24, 2.45) is 17.8 Å². The van der Waals surface area contributed by atoms with Gasteiger partial charge in [-0.3, -0.25) is 0 Å². The molecule has 1 aliphatic carbocycles. The summed E-state index contributed by atoms with van der Waals surface area (Å²) in [6.07, 6.45) is 2.52. The first-order valence-electron chi connectivity index (χ1n) is 6.61. The van der Waals surface area contributed by atoms with Crippen LogP contribution in [-0.2, 0) is 0 Å². The van der Waals surface area contributed by atoms with Crippen LogP contribution < -0.4 is 0 Å². The van der Waals surface area contributed by atoms with Gasteiger partial charge in [-0.05, 0) is 54.4 Å². The smallest absolute Gasteiger partial charge is 0.125 e. The van der Waals surface area contributed by atoms with Gasteiger partial charge in [0, 0.05) is 5.02 Å². The zero-order chi connectivity index (χ0) is 13.3. The van der Waals surface area contributed by atoms with Crippen molar-refractivity contribution in [1.82, 2.24) is 0 Å². The van der Waals surface area contributed by atoms with Gasteiger partial charge in [0.1, 0.15) is 5.82 Å². The topological polar surface area (TPSA) is 20.2 Å². The summed E-state index contributed by atoms with van der Waals surface area (Å²) < 4.78 is 13.3. The van der Waals surface area contributed by atoms with E-state index in [1.807, 2.05) is 0 Å². The van der Waals surface area contributed by atoms with Gasteiger partial charge in [0.25, 0.3) is 0 Å². The molecular weight excluding hydrogens is 251 g/mol. The molecule has 1 aromatic carbocycles. The summed E-state index contributed by atoms with van der Waals surface area (Å²) in [7, 11) is 0. The zero-order valence-corrected chi connectivity index (χ0v) is 11.6. The fourth-order valence-corrected chi connectivity index (χ4v) is 3.12. The number of aliphatic hydroxyl groups is 1. The minimum atomic E-state index is -0.604. The molecule has 0 aliphatic heterocycles. The molecule has 0 bridgehead atoms. The SMILES string of the molecule is CC1CCC(C(O)c2cc(F)cc(Cl)c2)CC1C. The van der Waals surface area contributed by atoms with Crippen molar-refractivity contribution in [3.8, 4) is 0 Å². The molecule has 2 rings (SSSR count). The molecule has 0 heterocycles. The van der Waals surface area contributed by atoms with Gasteiger partial charge in [-0.15, -0.1) is 0 Å². The minimum absolute atomic E-state index is 0.217. The van der Waals surface area contributed by atoms with Crippen molar-refractivity contribution >= 4 is 11.6 Å². The summed E-state index contributed by atoms with van der Waals surface area (Å²) in [5, 5.41) is 10.7. The maximum Gasteiger partial charge on any atom is 0.125 e. The van der Waals surface area contributed by atoms with Crippen molar-refractivity contribution in [1.29, 1.82) is 0 Å². The van der Waals surface area contributed by atoms with E-state index in [1.54, 1.807) is 6.07 Å². The lowest BCUT2D eigenvalue weighted by molar-refractivity contribution is 0.0559. The zero-order valence-electron chi connectivity index (χ0n) is 10.9. The monoisotopic (exact) mass is 270 g/mol. The molecule has 1 fully saturated rings. The van der Waals surface area contributed by atoms with Crippen LogP contribution >= 0.6 is 11.6 Å². The molecule has 0 spiro atoms. The highest BCUT2D eigenvalue weighted by Crippen LogP contribution is 2.40. The van der Waals surface area contributed by atoms with Crippen LogP contribution in [0.1, 0.15) is 44.8 Å². The fraction of sp³-hybridized carbons (Fsp3) is 0.600. The molecule has 3 heteroatoms. The molecule has 18 heavy (non-hydrogen) atoms. The van der Waals surface area contributed by atoms with E-state index in [4.69, 9.17) is 11.6 Å². The Bertz CT molecular complexity index is 401. The number of rotatable bonds is 2. The standard InChI is InChI=1S/C15H20ClFO/c1-9-3-4-11(5-10(9)2)15(18)12-6-13(16)8-14(17)7-12/h6-11,15,18H,3-5H2,1-2H3. The molecule has 0 radical (unpaired) electrons. The molecule has 1 aliphatic rings. The average molecular weight is 271 g/mol. The van der Waals surface area contributed by atoms with Gasteiger partial charge in [0.15, 0.2) is 0 Å². The van der Waals surface area contributed by atoms with Crippen LogP contribution in [0.5, 0.6) is 0 Å². The first kappa shape index (κ1) is 13.8. The second-order valence-electron chi connectivity index (χ2n) is 5.68. The Labute approximate surface area is 113 Å². The average Bonchev–Trinajstić information content (AvgIpc) is 2.30. The molecule has 1 saturated carbocycles. The van der Waals surface area contributed by atoms with E-state index in [-0.39, 0.29) is 11.7 Å². The van der Waals surface area contributed by atoms with Crippen LogP contribution in [0, 0.1) is 23.6 Å². The second-order valence-corrected chi connectivity index (χ2v) is 6.11. The molecule has 1 nitrogen and oxygen atoms in total. The van der Waals surface area contributed by atoms with Crippen molar-refractivity contribution in [2.75, 3.05) is 0 Å². The number of hydrogen-bond acceptors (Lipinski definition) is 1. The maximum atomic E-state index is 13.3. The van der Waals surface area contributed by atoms with Crippen LogP contribution in [0.4, 0.5) is 4.39 Å². The Morgan fingerprint density at radius 2 is 1.94 bits per heavy atom. The van der Waals surface area contributed by atoms with Crippen LogP contribution in [0.3, 0.4) is 0 Å². The molecule has 0 amide bonds. The van der Waals surface area contributed by atoms with Gasteiger partial charge in [-0.25, -0.2) is 4.39 Å². The molecule has 4 atom stereocenters. The summed E-state index contributed by atoms with van der Waals surface area (Å²) in [5.74, 6) is 1.16. The summed E-state index contributed by atoms with van der Waals surface area (Å²) in [5.41, 5.74) is 0.603. The third-order valence-electron chi connectivity index (χ3n) is 4.31. The summed E-state index contributed by atoms with van der Waals surface area (Å²) in [6, 6.07) is 4.32. The predicted octanol–water partition coefficient (Wildman–Crippen LogP) is 4.58. The molecule has 4 unspecified atom stereocenters. The predicted molar refractivity (Wildman–Crippen MR) is 72.0 cm³/mol. The lowest BCUT2D eigenvalue weighted by Gasteiger charge is -2.34. The van der Waals surface area contributed by atoms with Gasteiger partial charge >= 0.3 is 0 Å². The van der Waals surface area contributed by atoms with Crippen LogP contribution in [-0.4, -0.2) is 5.11 Å². The first-order chi connectivity index (χ1) is 8.47. The van der Waals surface area contributed by atoms with Crippen molar-refractivity contribution in [3.63, 3.8) is 0 Å². The van der Waals surface area contributed by atoms with E-state index in [0.29, 0.717) is 22.4 Å². The molecule has 1 aromatic rings. The quantitative estimate of drug-likeness (QED) is 0.834. The lowest BCUT2D eigenvalue weighted by Crippen LogP contribution is -2.25. The lowest BCUT2D eigenvalue weighted by atomic mass is 9.73. The Balaban J connectivity index is 2.13. The molecule has 0 aromatic heterocycles. The Morgan fingerprint density at radius 1 is 1.22 bits per heavy atom. The highest BCUT2D eigenvalue weighted by molar-refractivity contribution is 6.30. The first-order valence-corrected chi connectivity index (χ1v) is 6.99. The van der Waals surface area contributed by atoms with Crippen molar-refractivity contribution < 1.29 is 9.50 Å². The summed E-state index contributed by atoms with van der Waals surface area (Å²) >= 11 is 5.83. The van der Waals surface area contributed by atoms with Crippen LogP contribution in [0.25, 0.3) is 0 Å². The normalized spacial score (nSPS) is 30.2. The van der Waals surface area contributed by atoms with Crippen LogP contribution in [0.2, 0.25) is 5.02 Å². The third-order valence-corrected chi connectivity index (χ3v) is 4.53. The van der Waals surface area contributed by atoms with Crippen molar-refractivity contribution in [3.05, 3.63) is 34.6 Å². The molecular formula is C15H20ClFO. The van der Waals surface area contributed by atoms with Crippen molar-refractivity contribution in [2.45, 2.75) is 39.2 Å². The number of benzene rings is 1. The van der Waals surface area contributed by atoms with Gasteiger partial charge in [0.05, 0.1) is 6.10 Å². The highest BCUT2D eigenvalue weighted by Gasteiger charge is 2.30. The van der Waals surface area contributed by atoms with E-state index in [0.717, 1.165) is 19.3 Å². The maximum absolute atomic E-state index is 13.3. The van der Waals surface area contributed by atoms with E-state index in [1.165, 1.54) is 12.1 Å².